The Morgan fingerprint density at radius 3 is 3.04 bits per heavy atom. The molecule has 2 N–H and O–H groups in total. The Morgan fingerprint density at radius 1 is 1.46 bits per heavy atom. The van der Waals surface area contributed by atoms with Crippen LogP contribution in [0.1, 0.15) is 31.7 Å². The van der Waals surface area contributed by atoms with Gasteiger partial charge in [0.15, 0.2) is 0 Å². The van der Waals surface area contributed by atoms with E-state index in [0.29, 0.717) is 35.8 Å². The molecule has 0 bridgehead atoms. The van der Waals surface area contributed by atoms with Crippen LogP contribution in [0.5, 0.6) is 5.75 Å². The van der Waals surface area contributed by atoms with E-state index in [2.05, 4.69) is 16.9 Å². The topological polar surface area (TPSA) is 78.5 Å². The highest BCUT2D eigenvalue weighted by Crippen LogP contribution is 2.49. The molecule has 1 saturated heterocycles. The Labute approximate surface area is 152 Å². The highest BCUT2D eigenvalue weighted by Gasteiger charge is 2.39. The maximum absolute atomic E-state index is 12.3. The number of nitrogens with one attached hydrogen (secondary N) is 1. The Kier molecular flexibility index (Phi) is 3.60. The molecule has 0 unspecified atom stereocenters. The van der Waals surface area contributed by atoms with Crippen molar-refractivity contribution in [2.45, 2.75) is 26.2 Å². The zero-order chi connectivity index (χ0) is 17.8. The van der Waals surface area contributed by atoms with Gasteiger partial charge in [-0.2, -0.15) is 0 Å². The molecule has 0 spiro atoms. The summed E-state index contributed by atoms with van der Waals surface area (Å²) in [7, 11) is -0.932. The zero-order valence-electron chi connectivity index (χ0n) is 14.8. The SMILES string of the molecule is CC1CN(C(=O)CC2CC(C3=CB(O)Oc4cnc5[nH]ccc5c43)C2)C1. The Morgan fingerprint density at radius 2 is 2.27 bits per heavy atom. The summed E-state index contributed by atoms with van der Waals surface area (Å²) >= 11 is 0. The number of carbonyl (C=O) groups excluding carboxylic acids is 1. The van der Waals surface area contributed by atoms with E-state index in [0.717, 1.165) is 48.1 Å². The summed E-state index contributed by atoms with van der Waals surface area (Å²) in [5.74, 6) is 4.20. The molecule has 134 valence electrons. The van der Waals surface area contributed by atoms with Crippen LogP contribution in [-0.4, -0.2) is 46.0 Å². The molecule has 6 nitrogen and oxygen atoms in total. The fourth-order valence-corrected chi connectivity index (χ4v) is 4.55. The number of nitrogens with zero attached hydrogens (tertiary/aromatic N) is 2. The highest BCUT2D eigenvalue weighted by molar-refractivity contribution is 6.52. The Bertz CT molecular complexity index is 897. The second-order valence-electron chi connectivity index (χ2n) is 8.01. The van der Waals surface area contributed by atoms with E-state index in [-0.39, 0.29) is 0 Å². The van der Waals surface area contributed by atoms with Crippen molar-refractivity contribution in [1.29, 1.82) is 0 Å². The van der Waals surface area contributed by atoms with E-state index in [1.807, 2.05) is 23.1 Å². The van der Waals surface area contributed by atoms with Gasteiger partial charge >= 0.3 is 7.12 Å². The normalized spacial score (nSPS) is 25.2. The van der Waals surface area contributed by atoms with E-state index in [9.17, 15) is 9.82 Å². The van der Waals surface area contributed by atoms with Crippen molar-refractivity contribution in [3.8, 4) is 5.75 Å². The third-order valence-corrected chi connectivity index (χ3v) is 5.97. The molecule has 0 radical (unpaired) electrons. The first-order valence-corrected chi connectivity index (χ1v) is 9.39. The van der Waals surface area contributed by atoms with E-state index in [4.69, 9.17) is 4.65 Å². The molecule has 1 amide bonds. The highest BCUT2D eigenvalue weighted by atomic mass is 16.5. The summed E-state index contributed by atoms with van der Waals surface area (Å²) in [6.45, 7) is 4.01. The zero-order valence-corrected chi connectivity index (χ0v) is 14.8. The molecule has 26 heavy (non-hydrogen) atoms. The van der Waals surface area contributed by atoms with Crippen molar-refractivity contribution in [2.75, 3.05) is 13.1 Å². The molecule has 7 heteroatoms. The molecule has 1 saturated carbocycles. The fraction of sp³-hybridized carbons (Fsp3) is 0.474. The number of rotatable bonds is 3. The van der Waals surface area contributed by atoms with E-state index < -0.39 is 7.12 Å². The molecule has 4 heterocycles. The van der Waals surface area contributed by atoms with Crippen LogP contribution in [-0.2, 0) is 4.79 Å². The standard InChI is InChI=1S/C19H22BN3O3/c1-11-9-23(10-11)17(24)6-12-4-13(5-12)15-7-20(25)26-16-8-22-19-14(18(15)16)2-3-21-19/h2-3,7-8,11-13,25H,4-6,9-10H2,1H3,(H,21,22). The number of likely N-dealkylation sites (tertiary alicyclic amines) is 1. The number of fused-ring (bicyclic) bond motifs is 3. The molecule has 5 rings (SSSR count). The van der Waals surface area contributed by atoms with Crippen LogP contribution in [0.15, 0.2) is 24.4 Å². The number of hydrogen-bond donors (Lipinski definition) is 2. The second-order valence-corrected chi connectivity index (χ2v) is 8.01. The monoisotopic (exact) mass is 351 g/mol. The van der Waals surface area contributed by atoms with Gasteiger partial charge in [-0.3, -0.25) is 4.79 Å². The molecule has 1 aliphatic carbocycles. The summed E-state index contributed by atoms with van der Waals surface area (Å²) in [4.78, 5) is 21.7. The molecular formula is C19H22BN3O3. The van der Waals surface area contributed by atoms with Gasteiger partial charge in [-0.25, -0.2) is 4.98 Å². The quantitative estimate of drug-likeness (QED) is 0.832. The van der Waals surface area contributed by atoms with Gasteiger partial charge in [0.05, 0.1) is 6.20 Å². The van der Waals surface area contributed by atoms with Crippen molar-refractivity contribution < 1.29 is 14.5 Å². The molecule has 2 aromatic heterocycles. The minimum absolute atomic E-state index is 0.296. The van der Waals surface area contributed by atoms with Crippen LogP contribution in [0, 0.1) is 17.8 Å². The minimum atomic E-state index is -0.932. The van der Waals surface area contributed by atoms with Gasteiger partial charge in [0, 0.05) is 36.7 Å². The first kappa shape index (κ1) is 15.9. The summed E-state index contributed by atoms with van der Waals surface area (Å²) < 4.78 is 5.56. The molecule has 3 aliphatic rings. The lowest BCUT2D eigenvalue weighted by molar-refractivity contribution is -0.139. The van der Waals surface area contributed by atoms with Crippen molar-refractivity contribution in [3.63, 3.8) is 0 Å². The lowest BCUT2D eigenvalue weighted by Gasteiger charge is -2.42. The number of allylic oxidation sites excluding steroid dienone is 1. The summed E-state index contributed by atoms with van der Waals surface area (Å²) in [5.41, 5.74) is 2.99. The number of carbonyl (C=O) groups is 1. The van der Waals surface area contributed by atoms with Crippen molar-refractivity contribution in [2.24, 2.45) is 17.8 Å². The third-order valence-electron chi connectivity index (χ3n) is 5.97. The summed E-state index contributed by atoms with van der Waals surface area (Å²) in [6.07, 6.45) is 6.17. The van der Waals surface area contributed by atoms with E-state index in [1.165, 1.54) is 0 Å². The molecule has 0 atom stereocenters. The maximum atomic E-state index is 12.3. The molecule has 0 aromatic carbocycles. The Hall–Kier alpha value is -2.28. The number of aromatic amines is 1. The van der Waals surface area contributed by atoms with Crippen LogP contribution < -0.4 is 4.65 Å². The number of amides is 1. The minimum Gasteiger partial charge on any atom is -0.531 e. The van der Waals surface area contributed by atoms with Gasteiger partial charge < -0.3 is 19.6 Å². The average Bonchev–Trinajstić information content (AvgIpc) is 3.02. The first-order valence-electron chi connectivity index (χ1n) is 9.39. The molecule has 2 fully saturated rings. The summed E-state index contributed by atoms with van der Waals surface area (Å²) in [6, 6.07) is 2.00. The lowest BCUT2D eigenvalue weighted by atomic mass is 9.65. The second kappa shape index (κ2) is 5.88. The van der Waals surface area contributed by atoms with Gasteiger partial charge in [0.1, 0.15) is 11.4 Å². The van der Waals surface area contributed by atoms with Crippen molar-refractivity contribution in [3.05, 3.63) is 30.0 Å². The molecular weight excluding hydrogens is 329 g/mol. The van der Waals surface area contributed by atoms with E-state index >= 15 is 0 Å². The third kappa shape index (κ3) is 2.53. The largest absolute Gasteiger partial charge is 0.552 e. The fourth-order valence-electron chi connectivity index (χ4n) is 4.55. The van der Waals surface area contributed by atoms with Crippen LogP contribution in [0.2, 0.25) is 0 Å². The van der Waals surface area contributed by atoms with E-state index in [1.54, 1.807) is 6.20 Å². The predicted molar refractivity (Wildman–Crippen MR) is 99.2 cm³/mol. The van der Waals surface area contributed by atoms with Gasteiger partial charge in [-0.15, -0.1) is 0 Å². The molecule has 2 aliphatic heterocycles. The van der Waals surface area contributed by atoms with Crippen molar-refractivity contribution in [1.82, 2.24) is 14.9 Å². The van der Waals surface area contributed by atoms with Crippen LogP contribution in [0.3, 0.4) is 0 Å². The average molecular weight is 351 g/mol. The number of pyridine rings is 1. The number of H-pyrrole nitrogens is 1. The summed E-state index contributed by atoms with van der Waals surface area (Å²) in [5, 5.41) is 11.1. The lowest BCUT2D eigenvalue weighted by Crippen LogP contribution is -2.49. The molecule has 2 aromatic rings. The predicted octanol–water partition coefficient (Wildman–Crippen LogP) is 2.25. The number of hydrogen-bond acceptors (Lipinski definition) is 4. The maximum Gasteiger partial charge on any atom is 0.552 e. The smallest absolute Gasteiger partial charge is 0.531 e. The van der Waals surface area contributed by atoms with Gasteiger partial charge in [0.2, 0.25) is 5.91 Å². The van der Waals surface area contributed by atoms with Gasteiger partial charge in [-0.05, 0) is 48.2 Å². The van der Waals surface area contributed by atoms with Crippen LogP contribution in [0.4, 0.5) is 0 Å². The Balaban J connectivity index is 1.32. The van der Waals surface area contributed by atoms with Crippen molar-refractivity contribution >= 4 is 29.6 Å². The first-order chi connectivity index (χ1) is 12.6. The van der Waals surface area contributed by atoms with Gasteiger partial charge in [-0.1, -0.05) is 6.92 Å². The van der Waals surface area contributed by atoms with Crippen LogP contribution in [0.25, 0.3) is 16.6 Å². The van der Waals surface area contributed by atoms with Gasteiger partial charge in [0.25, 0.3) is 0 Å². The van der Waals surface area contributed by atoms with Crippen LogP contribution >= 0.6 is 0 Å². The number of aromatic nitrogens is 2.